The number of anilines is 1. The van der Waals surface area contributed by atoms with E-state index in [0.29, 0.717) is 28.4 Å². The highest BCUT2D eigenvalue weighted by Crippen LogP contribution is 2.39. The number of fused-ring (bicyclic) bond motifs is 1. The van der Waals surface area contributed by atoms with Crippen LogP contribution in [0.4, 0.5) is 5.69 Å². The summed E-state index contributed by atoms with van der Waals surface area (Å²) in [7, 11) is 0. The Hall–Kier alpha value is -4.28. The quantitative estimate of drug-likeness (QED) is 0.0999. The third-order valence-corrected chi connectivity index (χ3v) is 17.6. The SMILES string of the molecule is Cc1ccc(NS(=O)Oc2cc(C(=O)N(C3CCCCC3)C3CCCCC3)cc(C(=O)N(C3CCCCC3)C3CCCCC3)c2)cc1OS(=O)NC(C)c1nnc2cc(C3(C)CCCCC3)[nH]n12. The van der Waals surface area contributed by atoms with E-state index < -0.39 is 28.6 Å². The molecule has 5 aliphatic carbocycles. The predicted octanol–water partition coefficient (Wildman–Crippen LogP) is 11.2. The number of hydrogen-bond acceptors (Lipinski definition) is 8. The van der Waals surface area contributed by atoms with E-state index in [2.05, 4.69) is 47.5 Å². The van der Waals surface area contributed by atoms with Crippen LogP contribution in [0.2, 0.25) is 0 Å². The van der Waals surface area contributed by atoms with Crippen molar-refractivity contribution in [2.24, 2.45) is 0 Å². The molecule has 5 fully saturated rings. The Morgan fingerprint density at radius 3 is 1.69 bits per heavy atom. The molecule has 14 nitrogen and oxygen atoms in total. The van der Waals surface area contributed by atoms with E-state index in [1.165, 1.54) is 44.9 Å². The van der Waals surface area contributed by atoms with E-state index in [1.54, 1.807) is 36.4 Å². The number of aryl methyl sites for hydroxylation is 1. The molecule has 3 unspecified atom stereocenters. The number of carbonyl (C=O) groups is 2. The van der Waals surface area contributed by atoms with Crippen molar-refractivity contribution in [1.29, 1.82) is 0 Å². The number of amides is 2. The standard InChI is InChI=1S/C52H74N8O6S2/c1-36-27-28-40(34-46(36)66-67(63)56-37(2)49-54-53-48-35-47(55-60(48)49)52(3)29-17-8-18-30-52)57-68(64)65-45-32-38(50(61)58(41-19-9-4-10-20-41)42-21-11-5-12-22-42)31-39(33-45)51(62)59(43-23-13-6-14-24-43)44-25-15-7-16-26-44/h27-28,31-35,37,41-44,55-57H,4-26,29-30H2,1-3H3. The molecule has 0 radical (unpaired) electrons. The summed E-state index contributed by atoms with van der Waals surface area (Å²) in [5.74, 6) is 0.960. The van der Waals surface area contributed by atoms with Crippen molar-refractivity contribution in [1.82, 2.24) is 34.3 Å². The largest absolute Gasteiger partial charge is 0.389 e. The summed E-state index contributed by atoms with van der Waals surface area (Å²) in [5, 5.41) is 12.3. The summed E-state index contributed by atoms with van der Waals surface area (Å²) >= 11 is -4.13. The Kier molecular flexibility index (Phi) is 15.9. The summed E-state index contributed by atoms with van der Waals surface area (Å²) in [5.41, 5.74) is 3.86. The number of hydrogen-bond donors (Lipinski definition) is 3. The molecule has 0 bridgehead atoms. The van der Waals surface area contributed by atoms with Crippen LogP contribution >= 0.6 is 0 Å². The van der Waals surface area contributed by atoms with Crippen molar-refractivity contribution in [2.45, 2.75) is 217 Å². The molecule has 2 heterocycles. The number of carbonyl (C=O) groups excluding carboxylic acids is 2. The molecule has 2 amide bonds. The molecule has 5 aliphatic rings. The molecule has 0 spiro atoms. The van der Waals surface area contributed by atoms with Gasteiger partial charge in [-0.05, 0) is 108 Å². The maximum Gasteiger partial charge on any atom is 0.316 e. The molecule has 0 aliphatic heterocycles. The molecule has 5 saturated carbocycles. The highest BCUT2D eigenvalue weighted by Gasteiger charge is 2.37. The minimum Gasteiger partial charge on any atom is -0.389 e. The third kappa shape index (κ3) is 11.3. The zero-order valence-corrected chi connectivity index (χ0v) is 42.2. The maximum absolute atomic E-state index is 15.0. The second kappa shape index (κ2) is 22.2. The van der Waals surface area contributed by atoms with E-state index in [4.69, 9.17) is 8.37 Å². The fraction of sp³-hybridized carbons (Fsp3) is 0.654. The molecule has 2 aromatic carbocycles. The molecule has 0 saturated heterocycles. The summed E-state index contributed by atoms with van der Waals surface area (Å²) in [6.07, 6.45) is 27.4. The van der Waals surface area contributed by atoms with Gasteiger partial charge in [-0.1, -0.05) is 109 Å². The van der Waals surface area contributed by atoms with Gasteiger partial charge in [0.2, 0.25) is 0 Å². The van der Waals surface area contributed by atoms with Crippen molar-refractivity contribution < 1.29 is 26.4 Å². The summed E-state index contributed by atoms with van der Waals surface area (Å²) in [6.45, 7) is 6.00. The van der Waals surface area contributed by atoms with E-state index in [1.807, 2.05) is 18.4 Å². The topological polar surface area (TPSA) is 163 Å². The first-order valence-electron chi connectivity index (χ1n) is 26.1. The lowest BCUT2D eigenvalue weighted by atomic mass is 9.73. The van der Waals surface area contributed by atoms with Gasteiger partial charge in [-0.25, -0.2) is 4.52 Å². The first-order valence-corrected chi connectivity index (χ1v) is 28.3. The zero-order valence-electron chi connectivity index (χ0n) is 40.6. The predicted molar refractivity (Wildman–Crippen MR) is 268 cm³/mol. The number of H-pyrrole nitrogens is 1. The van der Waals surface area contributed by atoms with Gasteiger partial charge in [0.1, 0.15) is 11.5 Å². The molecule has 68 heavy (non-hydrogen) atoms. The van der Waals surface area contributed by atoms with Gasteiger partial charge in [0.05, 0.1) is 11.7 Å². The molecule has 4 aromatic rings. The number of benzene rings is 2. The van der Waals surface area contributed by atoms with Gasteiger partial charge in [0, 0.05) is 58.5 Å². The van der Waals surface area contributed by atoms with Crippen LogP contribution in [0.5, 0.6) is 11.5 Å². The minimum absolute atomic E-state index is 0.0592. The smallest absolute Gasteiger partial charge is 0.316 e. The Labute approximate surface area is 408 Å². The molecule has 370 valence electrons. The van der Waals surface area contributed by atoms with Crippen molar-refractivity contribution >= 4 is 45.7 Å². The van der Waals surface area contributed by atoms with Gasteiger partial charge >= 0.3 is 11.3 Å². The molecule has 3 atom stereocenters. The van der Waals surface area contributed by atoms with Crippen molar-refractivity contribution in [3.05, 3.63) is 70.7 Å². The second-order valence-corrected chi connectivity index (χ2v) is 22.7. The van der Waals surface area contributed by atoms with Gasteiger partial charge < -0.3 is 18.2 Å². The van der Waals surface area contributed by atoms with Gasteiger partial charge in [-0.15, -0.1) is 10.2 Å². The monoisotopic (exact) mass is 971 g/mol. The molecule has 2 aromatic heterocycles. The molecule has 9 rings (SSSR count). The molecular weight excluding hydrogens is 897 g/mol. The number of rotatable bonds is 16. The molecular formula is C52H74N8O6S2. The number of aromatic nitrogens is 4. The van der Waals surface area contributed by atoms with Crippen LogP contribution in [-0.2, 0) is 27.9 Å². The number of nitrogens with one attached hydrogen (secondary N) is 3. The highest BCUT2D eigenvalue weighted by atomic mass is 32.2. The Balaban J connectivity index is 0.933. The molecule has 3 N–H and O–H groups in total. The van der Waals surface area contributed by atoms with Gasteiger partial charge in [0.15, 0.2) is 11.5 Å². The second-order valence-electron chi connectivity index (χ2n) is 20.9. The lowest BCUT2D eigenvalue weighted by molar-refractivity contribution is 0.0446. The molecule has 16 heteroatoms. The Bertz CT molecular complexity index is 2300. The fourth-order valence-corrected chi connectivity index (χ4v) is 13.6. The van der Waals surface area contributed by atoms with Crippen LogP contribution in [0, 0.1) is 6.92 Å². The van der Waals surface area contributed by atoms with Crippen molar-refractivity contribution in [2.75, 3.05) is 4.72 Å². The van der Waals surface area contributed by atoms with E-state index in [-0.39, 0.29) is 47.1 Å². The lowest BCUT2D eigenvalue weighted by Gasteiger charge is -2.42. The van der Waals surface area contributed by atoms with Gasteiger partial charge in [-0.3, -0.25) is 19.4 Å². The van der Waals surface area contributed by atoms with Crippen molar-refractivity contribution in [3.63, 3.8) is 0 Å². The van der Waals surface area contributed by atoms with Gasteiger partial charge in [-0.2, -0.15) is 13.1 Å². The first kappa shape index (κ1) is 48.7. The average Bonchev–Trinajstić information content (AvgIpc) is 3.97. The summed E-state index contributed by atoms with van der Waals surface area (Å²) in [6, 6.07) is 12.5. The van der Waals surface area contributed by atoms with Crippen LogP contribution in [0.15, 0.2) is 42.5 Å². The minimum atomic E-state index is -2.15. The normalized spacial score (nSPS) is 21.5. The van der Waals surface area contributed by atoms with Crippen LogP contribution in [0.25, 0.3) is 5.65 Å². The highest BCUT2D eigenvalue weighted by molar-refractivity contribution is 7.82. The first-order chi connectivity index (χ1) is 33.0. The van der Waals surface area contributed by atoms with E-state index >= 15 is 9.59 Å². The fourth-order valence-electron chi connectivity index (χ4n) is 12.1. The van der Waals surface area contributed by atoms with E-state index in [0.717, 1.165) is 132 Å². The Morgan fingerprint density at radius 2 is 1.18 bits per heavy atom. The van der Waals surface area contributed by atoms with Gasteiger partial charge in [0.25, 0.3) is 23.1 Å². The van der Waals surface area contributed by atoms with Crippen LogP contribution in [0.3, 0.4) is 0 Å². The third-order valence-electron chi connectivity index (χ3n) is 16.0. The zero-order chi connectivity index (χ0) is 47.2. The average molecular weight is 971 g/mol. The summed E-state index contributed by atoms with van der Waals surface area (Å²) < 4.78 is 47.4. The van der Waals surface area contributed by atoms with Crippen LogP contribution < -0.4 is 17.8 Å². The van der Waals surface area contributed by atoms with Crippen molar-refractivity contribution in [3.8, 4) is 11.5 Å². The Morgan fingerprint density at radius 1 is 0.676 bits per heavy atom. The number of nitrogens with zero attached hydrogens (tertiary/aromatic N) is 5. The summed E-state index contributed by atoms with van der Waals surface area (Å²) in [4.78, 5) is 34.4. The van der Waals surface area contributed by atoms with Crippen LogP contribution in [-0.4, -0.2) is 74.0 Å². The maximum atomic E-state index is 15.0. The lowest BCUT2D eigenvalue weighted by Crippen LogP contribution is -2.49. The number of aromatic amines is 1. The van der Waals surface area contributed by atoms with Crippen LogP contribution in [0.1, 0.15) is 218 Å². The van der Waals surface area contributed by atoms with E-state index in [9.17, 15) is 8.42 Å².